The number of aliphatic hydroxyl groups excluding tert-OH is 1. The van der Waals surface area contributed by atoms with Crippen molar-refractivity contribution in [2.75, 3.05) is 39.6 Å². The van der Waals surface area contributed by atoms with Crippen LogP contribution in [0.25, 0.3) is 0 Å². The van der Waals surface area contributed by atoms with Gasteiger partial charge >= 0.3 is 5.97 Å². The first-order valence-electron chi connectivity index (χ1n) is 23.7. The van der Waals surface area contributed by atoms with E-state index in [1.54, 1.807) is 6.92 Å². The molecule has 0 saturated carbocycles. The number of amides is 3. The number of allylic oxidation sites excluding steroid dienone is 3. The maximum absolute atomic E-state index is 11.4. The quantitative estimate of drug-likeness (QED) is 0.0167. The van der Waals surface area contributed by atoms with Crippen molar-refractivity contribution >= 4 is 82.0 Å². The minimum Gasteiger partial charge on any atom is -0.462 e. The van der Waals surface area contributed by atoms with Crippen LogP contribution in [0.3, 0.4) is 0 Å². The van der Waals surface area contributed by atoms with Crippen LogP contribution >= 0.6 is 36.7 Å². The minimum atomic E-state index is -0.345. The van der Waals surface area contributed by atoms with Crippen LogP contribution in [-0.4, -0.2) is 103 Å². The average Bonchev–Trinajstić information content (AvgIpc) is 3.95. The van der Waals surface area contributed by atoms with Gasteiger partial charge in [0.1, 0.15) is 23.4 Å². The van der Waals surface area contributed by atoms with Crippen LogP contribution in [-0.2, 0) is 47.7 Å². The monoisotopic (exact) mass is 994 g/mol. The zero-order valence-corrected chi connectivity index (χ0v) is 41.7. The fourth-order valence-electron chi connectivity index (χ4n) is 6.50. The molecule has 0 aromatic heterocycles. The summed E-state index contributed by atoms with van der Waals surface area (Å²) in [5.74, 6) is -0.812. The summed E-state index contributed by atoms with van der Waals surface area (Å²) in [5.41, 5.74) is 2.04. The van der Waals surface area contributed by atoms with Crippen LogP contribution < -0.4 is 31.9 Å². The Kier molecular flexibility index (Phi) is 33.4. The number of esters is 1. The van der Waals surface area contributed by atoms with Gasteiger partial charge in [0.05, 0.1) is 6.61 Å². The van der Waals surface area contributed by atoms with Crippen molar-refractivity contribution < 1.29 is 52.8 Å². The first-order valence-corrected chi connectivity index (χ1v) is 25.0. The largest absolute Gasteiger partial charge is 0.462 e. The third-order valence-corrected chi connectivity index (χ3v) is 10.8. The third kappa shape index (κ3) is 29.5. The zero-order valence-electron chi connectivity index (χ0n) is 39.2. The Morgan fingerprint density at radius 3 is 1.31 bits per heavy atom. The van der Waals surface area contributed by atoms with Gasteiger partial charge in [-0.1, -0.05) is 44.1 Å². The molecule has 5 fully saturated rings. The molecule has 2 atom stereocenters. The topological polar surface area (TPSA) is 224 Å². The van der Waals surface area contributed by atoms with E-state index in [1.807, 2.05) is 18.2 Å². The summed E-state index contributed by atoms with van der Waals surface area (Å²) in [4.78, 5) is 54.9. The Labute approximate surface area is 412 Å². The van der Waals surface area contributed by atoms with E-state index in [2.05, 4.69) is 38.5 Å². The van der Waals surface area contributed by atoms with Crippen molar-refractivity contribution in [2.45, 2.75) is 161 Å². The number of ether oxygens (including phenoxy) is 5. The molecule has 5 heterocycles. The lowest BCUT2D eigenvalue weighted by Gasteiger charge is -2.22. The summed E-state index contributed by atoms with van der Waals surface area (Å²) in [6, 6.07) is 0. The summed E-state index contributed by atoms with van der Waals surface area (Å²) in [6.45, 7) is 8.96. The summed E-state index contributed by atoms with van der Waals surface area (Å²) >= 11 is 14.5. The molecule has 3 amide bonds. The number of aldehydes is 1. The standard InChI is InChI=1S/C14H22N2O3S.C13H18N2O3S.C11H20O3.C9H14N2O2S/c17-13-11(15-14(20)16-13)7-3-1-2-5-9-18-12-8-4-6-10-19-12;1-9(2)12(17)18-8-6-4-3-5-7-10-11(16)15-13(19)14-10;12-8-4-1-2-5-9-13-11-7-3-6-10-14-11;12-6-4-2-1-3-5-7-8(13)11-9(14)10-7/h7,12H,1-6,8-10H2,(H2,15,16,17,20);7H,1,3-6,8H2,2H3,(H2,14,15,16,19);8,11H,1-7,9-10H2;5,12H,1-4,6H2,(H2,10,11,13,14)/b11-7-;10-7-;;7-5-. The number of thiocarbonyl (C=S) groups is 3. The second-order valence-electron chi connectivity index (χ2n) is 16.1. The molecule has 7 N–H and O–H groups in total. The maximum Gasteiger partial charge on any atom is 0.333 e. The fourth-order valence-corrected chi connectivity index (χ4v) is 7.11. The number of aliphatic hydroxyl groups is 1. The predicted octanol–water partition coefficient (Wildman–Crippen LogP) is 6.25. The van der Waals surface area contributed by atoms with Gasteiger partial charge in [-0.3, -0.25) is 30.3 Å². The van der Waals surface area contributed by atoms with Gasteiger partial charge in [-0.25, -0.2) is 4.79 Å². The molecular weight excluding hydrogens is 921 g/mol. The third-order valence-electron chi connectivity index (χ3n) is 10.2. The van der Waals surface area contributed by atoms with E-state index in [4.69, 9.17) is 65.4 Å². The Morgan fingerprint density at radius 2 is 0.985 bits per heavy atom. The van der Waals surface area contributed by atoms with E-state index in [-0.39, 0.29) is 42.9 Å². The lowest BCUT2D eigenvalue weighted by atomic mass is 10.2. The van der Waals surface area contributed by atoms with Crippen LogP contribution in [0.15, 0.2) is 47.5 Å². The molecule has 5 aliphatic rings. The van der Waals surface area contributed by atoms with Gasteiger partial charge in [0.25, 0.3) is 17.7 Å². The number of hydrogen-bond acceptors (Lipinski definition) is 14. The van der Waals surface area contributed by atoms with E-state index in [0.717, 1.165) is 148 Å². The molecule has 67 heavy (non-hydrogen) atoms. The molecule has 5 aliphatic heterocycles. The van der Waals surface area contributed by atoms with Crippen LogP contribution in [0.4, 0.5) is 0 Å². The molecule has 2 unspecified atom stereocenters. The second-order valence-corrected chi connectivity index (χ2v) is 17.3. The van der Waals surface area contributed by atoms with Crippen LogP contribution in [0.2, 0.25) is 0 Å². The molecule has 0 bridgehead atoms. The molecular formula is C47H74N6O11S3. The highest BCUT2D eigenvalue weighted by atomic mass is 32.1. The highest BCUT2D eigenvalue weighted by molar-refractivity contribution is 7.80. The van der Waals surface area contributed by atoms with Gasteiger partial charge in [0.2, 0.25) is 0 Å². The fraction of sp³-hybridized carbons (Fsp3) is 0.660. The van der Waals surface area contributed by atoms with Crippen LogP contribution in [0.1, 0.15) is 148 Å². The number of hydrogen-bond donors (Lipinski definition) is 7. The summed E-state index contributed by atoms with van der Waals surface area (Å²) in [5, 5.41) is 25.6. The molecule has 0 aromatic rings. The Balaban J connectivity index is 0.000000311. The van der Waals surface area contributed by atoms with Gasteiger partial charge in [-0.2, -0.15) is 0 Å². The van der Waals surface area contributed by atoms with Crippen molar-refractivity contribution in [3.63, 3.8) is 0 Å². The van der Waals surface area contributed by atoms with Gasteiger partial charge in [-0.05, 0) is 159 Å². The SMILES string of the molecule is C=C(C)C(=O)OCCCCC/C=C1\NC(=S)NC1=O.O=C1NC(=S)N/C1=C\CCCCCO.O=C1NC(=S)N/C1=C\CCCCCOC1CCCCO1.O=CCCCCCOC1CCCCO1. The number of carbonyl (C=O) groups excluding carboxylic acids is 5. The average molecular weight is 995 g/mol. The second kappa shape index (κ2) is 37.9. The van der Waals surface area contributed by atoms with Gasteiger partial charge in [0.15, 0.2) is 27.9 Å². The van der Waals surface area contributed by atoms with E-state index in [0.29, 0.717) is 51.0 Å². The highest BCUT2D eigenvalue weighted by Crippen LogP contribution is 2.16. The molecule has 0 aliphatic carbocycles. The zero-order chi connectivity index (χ0) is 48.9. The molecule has 376 valence electrons. The number of carbonyl (C=O) groups is 5. The van der Waals surface area contributed by atoms with Crippen molar-refractivity contribution in [3.05, 3.63) is 47.5 Å². The maximum atomic E-state index is 11.4. The van der Waals surface area contributed by atoms with Crippen LogP contribution in [0.5, 0.6) is 0 Å². The molecule has 17 nitrogen and oxygen atoms in total. The van der Waals surface area contributed by atoms with E-state index in [9.17, 15) is 24.0 Å². The molecule has 5 rings (SSSR count). The predicted molar refractivity (Wildman–Crippen MR) is 268 cm³/mol. The molecule has 0 spiro atoms. The van der Waals surface area contributed by atoms with E-state index >= 15 is 0 Å². The minimum absolute atomic E-state index is 0.0123. The summed E-state index contributed by atoms with van der Waals surface area (Å²) in [6.07, 6.45) is 28.3. The first-order chi connectivity index (χ1) is 32.4. The lowest BCUT2D eigenvalue weighted by molar-refractivity contribution is -0.163. The molecule has 0 aromatic carbocycles. The normalized spacial score (nSPS) is 20.5. The summed E-state index contributed by atoms with van der Waals surface area (Å²) in [7, 11) is 0. The Bertz CT molecular complexity index is 1680. The van der Waals surface area contributed by atoms with Crippen molar-refractivity contribution in [2.24, 2.45) is 0 Å². The number of unbranched alkanes of at least 4 members (excludes halogenated alkanes) is 12. The first kappa shape index (κ1) is 59.1. The van der Waals surface area contributed by atoms with E-state index in [1.165, 1.54) is 19.3 Å². The van der Waals surface area contributed by atoms with Crippen molar-refractivity contribution in [1.29, 1.82) is 0 Å². The Morgan fingerprint density at radius 1 is 0.597 bits per heavy atom. The highest BCUT2D eigenvalue weighted by Gasteiger charge is 2.21. The van der Waals surface area contributed by atoms with Crippen molar-refractivity contribution in [1.82, 2.24) is 31.9 Å². The van der Waals surface area contributed by atoms with Gasteiger partial charge in [-0.15, -0.1) is 0 Å². The van der Waals surface area contributed by atoms with Gasteiger partial charge < -0.3 is 49.5 Å². The Hall–Kier alpha value is -4.02. The number of nitrogens with one attached hydrogen (secondary N) is 6. The summed E-state index contributed by atoms with van der Waals surface area (Å²) < 4.78 is 27.1. The molecule has 0 radical (unpaired) electrons. The lowest BCUT2D eigenvalue weighted by Crippen LogP contribution is -2.22. The number of rotatable bonds is 26. The molecule has 5 saturated heterocycles. The van der Waals surface area contributed by atoms with Crippen LogP contribution in [0, 0.1) is 0 Å². The van der Waals surface area contributed by atoms with E-state index < -0.39 is 0 Å². The molecule has 20 heteroatoms. The van der Waals surface area contributed by atoms with Crippen molar-refractivity contribution in [3.8, 4) is 0 Å². The smallest absolute Gasteiger partial charge is 0.333 e. The van der Waals surface area contributed by atoms with Gasteiger partial charge in [0, 0.05) is 45.0 Å².